The molecule has 4 heterocycles. The average Bonchev–Trinajstić information content (AvgIpc) is 3.24. The molecule has 0 bridgehead atoms. The number of nitrogens with zero attached hydrogens (tertiary/aromatic N) is 2. The predicted octanol–water partition coefficient (Wildman–Crippen LogP) is -0.537. The van der Waals surface area contributed by atoms with Crippen molar-refractivity contribution < 1.29 is 29.3 Å². The molecule has 4 aliphatic heterocycles. The van der Waals surface area contributed by atoms with Crippen molar-refractivity contribution in [3.63, 3.8) is 0 Å². The number of carbonyl (C=O) groups is 3. The van der Waals surface area contributed by atoms with E-state index in [9.17, 15) is 24.6 Å². The molecule has 0 unspecified atom stereocenters. The minimum absolute atomic E-state index is 0.0392. The number of hydrogen-bond acceptors (Lipinski definition) is 7. The van der Waals surface area contributed by atoms with Crippen LogP contribution in [-0.4, -0.2) is 94.1 Å². The molecule has 0 aromatic rings. The van der Waals surface area contributed by atoms with Crippen LogP contribution in [0.5, 0.6) is 0 Å². The fourth-order valence-electron chi connectivity index (χ4n) is 4.84. The first-order chi connectivity index (χ1) is 13.8. The smallest absolute Gasteiger partial charge is 0.353 e. The van der Waals surface area contributed by atoms with Crippen molar-refractivity contribution in [3.05, 3.63) is 10.6 Å². The van der Waals surface area contributed by atoms with Crippen LogP contribution in [-0.2, 0) is 19.1 Å². The van der Waals surface area contributed by atoms with Crippen molar-refractivity contribution in [2.75, 3.05) is 32.8 Å². The van der Waals surface area contributed by atoms with Gasteiger partial charge in [0.2, 0.25) is 11.8 Å². The highest BCUT2D eigenvalue weighted by Gasteiger charge is 2.60. The van der Waals surface area contributed by atoms with Crippen LogP contribution in [0.3, 0.4) is 0 Å². The highest BCUT2D eigenvalue weighted by atomic mass is 32.2. The van der Waals surface area contributed by atoms with Crippen molar-refractivity contribution in [2.24, 2.45) is 11.8 Å². The maximum Gasteiger partial charge on any atom is 0.353 e. The fourth-order valence-corrected chi connectivity index (χ4v) is 6.32. The largest absolute Gasteiger partial charge is 0.477 e. The number of hydrogen-bond donors (Lipinski definition) is 3. The molecule has 2 amide bonds. The zero-order valence-electron chi connectivity index (χ0n) is 16.5. The number of nitrogens with one attached hydrogen (secondary N) is 1. The number of amides is 2. The van der Waals surface area contributed by atoms with Gasteiger partial charge in [-0.3, -0.25) is 9.59 Å². The summed E-state index contributed by atoms with van der Waals surface area (Å²) < 4.78 is 5.30. The summed E-state index contributed by atoms with van der Waals surface area (Å²) in [4.78, 5) is 40.9. The number of aliphatic hydroxyl groups is 1. The molecule has 6 atom stereocenters. The molecule has 4 rings (SSSR count). The molecule has 3 N–H and O–H groups in total. The summed E-state index contributed by atoms with van der Waals surface area (Å²) in [5.41, 5.74) is 0.0392. The maximum atomic E-state index is 12.7. The van der Waals surface area contributed by atoms with Gasteiger partial charge in [0.1, 0.15) is 5.70 Å². The van der Waals surface area contributed by atoms with Gasteiger partial charge in [-0.05, 0) is 13.3 Å². The van der Waals surface area contributed by atoms with Gasteiger partial charge in [-0.15, -0.1) is 11.8 Å². The van der Waals surface area contributed by atoms with Crippen molar-refractivity contribution in [1.82, 2.24) is 15.1 Å². The summed E-state index contributed by atoms with van der Waals surface area (Å²) in [5.74, 6) is -2.09. The Bertz CT molecular complexity index is 750. The van der Waals surface area contributed by atoms with Crippen LogP contribution in [0.25, 0.3) is 0 Å². The van der Waals surface area contributed by atoms with E-state index in [-0.39, 0.29) is 40.8 Å². The Morgan fingerprint density at radius 3 is 2.62 bits per heavy atom. The molecular weight excluding hydrogens is 398 g/mol. The van der Waals surface area contributed by atoms with Crippen molar-refractivity contribution in [3.8, 4) is 0 Å². The van der Waals surface area contributed by atoms with Gasteiger partial charge in [0, 0.05) is 35.7 Å². The van der Waals surface area contributed by atoms with Gasteiger partial charge in [-0.1, -0.05) is 6.92 Å². The van der Waals surface area contributed by atoms with E-state index in [1.54, 1.807) is 6.92 Å². The van der Waals surface area contributed by atoms with E-state index in [4.69, 9.17) is 4.74 Å². The zero-order valence-corrected chi connectivity index (χ0v) is 17.4. The first-order valence-corrected chi connectivity index (χ1v) is 10.9. The highest BCUT2D eigenvalue weighted by Crippen LogP contribution is 2.51. The van der Waals surface area contributed by atoms with E-state index in [0.29, 0.717) is 44.2 Å². The molecule has 29 heavy (non-hydrogen) atoms. The van der Waals surface area contributed by atoms with Gasteiger partial charge >= 0.3 is 5.97 Å². The summed E-state index contributed by atoms with van der Waals surface area (Å²) in [6.07, 6.45) is -0.197. The number of ether oxygens (including phenoxy) is 1. The third kappa shape index (κ3) is 3.45. The van der Waals surface area contributed by atoms with E-state index < -0.39 is 18.0 Å². The zero-order chi connectivity index (χ0) is 20.9. The highest BCUT2D eigenvalue weighted by molar-refractivity contribution is 8.03. The van der Waals surface area contributed by atoms with Crippen LogP contribution in [0.1, 0.15) is 20.3 Å². The Hall–Kier alpha value is -1.62. The Balaban J connectivity index is 1.45. The van der Waals surface area contributed by atoms with Gasteiger partial charge in [0.15, 0.2) is 0 Å². The molecule has 160 valence electrons. The summed E-state index contributed by atoms with van der Waals surface area (Å²) in [5, 5.41) is 23.0. The molecular formula is C19H27N3O6S. The summed E-state index contributed by atoms with van der Waals surface area (Å²) >= 11 is 1.46. The van der Waals surface area contributed by atoms with E-state index in [1.165, 1.54) is 16.7 Å². The minimum Gasteiger partial charge on any atom is -0.477 e. The van der Waals surface area contributed by atoms with E-state index in [0.717, 1.165) is 0 Å². The maximum absolute atomic E-state index is 12.7. The van der Waals surface area contributed by atoms with E-state index in [2.05, 4.69) is 5.32 Å². The number of morpholine rings is 1. The molecule has 3 saturated heterocycles. The molecule has 0 radical (unpaired) electrons. The van der Waals surface area contributed by atoms with Crippen LogP contribution >= 0.6 is 11.8 Å². The molecule has 9 nitrogen and oxygen atoms in total. The quantitative estimate of drug-likeness (QED) is 0.503. The second kappa shape index (κ2) is 7.90. The third-order valence-electron chi connectivity index (χ3n) is 6.32. The Kier molecular flexibility index (Phi) is 5.62. The minimum atomic E-state index is -1.12. The van der Waals surface area contributed by atoms with Gasteiger partial charge in [0.05, 0.1) is 37.3 Å². The number of carbonyl (C=O) groups excluding carboxylic acids is 2. The number of fused-ring (bicyclic) bond motifs is 1. The van der Waals surface area contributed by atoms with Crippen LogP contribution < -0.4 is 5.32 Å². The standard InChI is InChI=1S/C19H27N3O6S/c1-9-14-13(10(2)23)18(25)22(14)15(19(26)27)16(9)29-11-7-12(20-8-11)17(24)21-3-5-28-6-4-21/h9-14,20,23H,3-8H2,1-2H3,(H,26,27)/t9-,10-,11-,12-,13+,14+/m0/s1. The van der Waals surface area contributed by atoms with E-state index in [1.807, 2.05) is 11.8 Å². The molecule has 0 spiro atoms. The Morgan fingerprint density at radius 2 is 2.00 bits per heavy atom. The van der Waals surface area contributed by atoms with Crippen molar-refractivity contribution in [2.45, 2.75) is 43.7 Å². The Morgan fingerprint density at radius 1 is 1.31 bits per heavy atom. The van der Waals surface area contributed by atoms with Crippen LogP contribution in [0.15, 0.2) is 10.6 Å². The van der Waals surface area contributed by atoms with Gasteiger partial charge < -0.3 is 30.1 Å². The molecule has 0 aliphatic carbocycles. The predicted molar refractivity (Wildman–Crippen MR) is 105 cm³/mol. The molecule has 0 saturated carbocycles. The topological polar surface area (TPSA) is 119 Å². The number of thioether (sulfide) groups is 1. The van der Waals surface area contributed by atoms with E-state index >= 15 is 0 Å². The number of carboxylic acids is 1. The van der Waals surface area contributed by atoms with Gasteiger partial charge in [-0.2, -0.15) is 0 Å². The van der Waals surface area contributed by atoms with Crippen LogP contribution in [0.2, 0.25) is 0 Å². The SMILES string of the molecule is C[C@H](O)[C@H]1C(=O)N2C(C(=O)O)=C(S[C@@H]3CN[C@H](C(=O)N4CCOCC4)C3)[C@@H](C)[C@H]12. The van der Waals surface area contributed by atoms with Crippen LogP contribution in [0, 0.1) is 11.8 Å². The monoisotopic (exact) mass is 425 g/mol. The number of rotatable bonds is 5. The lowest BCUT2D eigenvalue weighted by molar-refractivity contribution is -0.163. The fraction of sp³-hybridized carbons (Fsp3) is 0.737. The number of aliphatic hydroxyl groups excluding tert-OH is 1. The number of aliphatic carboxylic acids is 1. The second-order valence-electron chi connectivity index (χ2n) is 8.15. The molecule has 0 aromatic carbocycles. The number of β-lactam (4-membered cyclic amide) rings is 1. The van der Waals surface area contributed by atoms with Gasteiger partial charge in [0.25, 0.3) is 0 Å². The lowest BCUT2D eigenvalue weighted by Gasteiger charge is -2.46. The number of carboxylic acid groups (broad SMARTS) is 1. The van der Waals surface area contributed by atoms with Crippen LogP contribution in [0.4, 0.5) is 0 Å². The molecule has 4 aliphatic rings. The molecule has 3 fully saturated rings. The first-order valence-electron chi connectivity index (χ1n) is 10.1. The lowest BCUT2D eigenvalue weighted by atomic mass is 9.79. The summed E-state index contributed by atoms with van der Waals surface area (Å²) in [6, 6.07) is -0.587. The lowest BCUT2D eigenvalue weighted by Crippen LogP contribution is -2.63. The Labute approximate surface area is 173 Å². The second-order valence-corrected chi connectivity index (χ2v) is 9.49. The summed E-state index contributed by atoms with van der Waals surface area (Å²) in [7, 11) is 0. The third-order valence-corrected chi connectivity index (χ3v) is 7.83. The molecule has 0 aromatic heterocycles. The normalized spacial score (nSPS) is 35.6. The first kappa shape index (κ1) is 20.6. The summed E-state index contributed by atoms with van der Waals surface area (Å²) in [6.45, 7) is 6.39. The van der Waals surface area contributed by atoms with Gasteiger partial charge in [-0.25, -0.2) is 4.79 Å². The average molecular weight is 426 g/mol. The van der Waals surface area contributed by atoms with Crippen molar-refractivity contribution >= 4 is 29.5 Å². The molecule has 10 heteroatoms. The van der Waals surface area contributed by atoms with Crippen molar-refractivity contribution in [1.29, 1.82) is 0 Å².